The topological polar surface area (TPSA) is 37.3 Å². The third-order valence-corrected chi connectivity index (χ3v) is 2.63. The molecule has 0 aromatic heterocycles. The number of hydrogen-bond acceptors (Lipinski definition) is 1. The van der Waals surface area contributed by atoms with Crippen molar-refractivity contribution in [3.05, 3.63) is 59.2 Å². The first-order valence-corrected chi connectivity index (χ1v) is 5.28. The first kappa shape index (κ1) is 12.2. The molecule has 0 heterocycles. The molecule has 92 valence electrons. The van der Waals surface area contributed by atoms with Crippen molar-refractivity contribution in [3.63, 3.8) is 0 Å². The molecule has 1 N–H and O–H groups in total. The lowest BCUT2D eigenvalue weighted by Crippen LogP contribution is -2.00. The number of carboxylic acids is 1. The summed E-state index contributed by atoms with van der Waals surface area (Å²) >= 11 is 0. The fourth-order valence-corrected chi connectivity index (χ4v) is 1.69. The molecule has 0 atom stereocenters. The maximum Gasteiger partial charge on any atom is 0.335 e. The van der Waals surface area contributed by atoms with E-state index < -0.39 is 23.2 Å². The van der Waals surface area contributed by atoms with Crippen molar-refractivity contribution in [2.75, 3.05) is 0 Å². The summed E-state index contributed by atoms with van der Waals surface area (Å²) < 4.78 is 27.5. The van der Waals surface area contributed by atoms with E-state index in [1.165, 1.54) is 0 Å². The highest BCUT2D eigenvalue weighted by atomic mass is 19.1. The molecule has 2 rings (SSSR count). The van der Waals surface area contributed by atoms with Gasteiger partial charge in [0.15, 0.2) is 0 Å². The van der Waals surface area contributed by atoms with Gasteiger partial charge in [0.25, 0.3) is 0 Å². The van der Waals surface area contributed by atoms with Gasteiger partial charge in [-0.25, -0.2) is 13.6 Å². The van der Waals surface area contributed by atoms with Gasteiger partial charge in [-0.2, -0.15) is 0 Å². The lowest BCUT2D eigenvalue weighted by atomic mass is 10.0. The van der Waals surface area contributed by atoms with E-state index in [-0.39, 0.29) is 5.56 Å². The Morgan fingerprint density at radius 2 is 1.56 bits per heavy atom. The maximum absolute atomic E-state index is 13.8. The molecular formula is C14H10F2O2. The molecule has 0 radical (unpaired) electrons. The highest BCUT2D eigenvalue weighted by molar-refractivity contribution is 5.88. The van der Waals surface area contributed by atoms with Gasteiger partial charge >= 0.3 is 5.97 Å². The lowest BCUT2D eigenvalue weighted by Gasteiger charge is -2.07. The minimum absolute atomic E-state index is 0.208. The number of hydrogen-bond donors (Lipinski definition) is 1. The molecule has 0 spiro atoms. The average molecular weight is 248 g/mol. The molecule has 2 aromatic rings. The molecule has 0 unspecified atom stereocenters. The summed E-state index contributed by atoms with van der Waals surface area (Å²) in [6, 6.07) is 8.30. The second-order valence-corrected chi connectivity index (χ2v) is 3.99. The molecule has 4 heteroatoms. The number of carboxylic acid groups (broad SMARTS) is 1. The summed E-state index contributed by atoms with van der Waals surface area (Å²) in [5.41, 5.74) is 0.745. The molecule has 0 saturated heterocycles. The van der Waals surface area contributed by atoms with Crippen LogP contribution >= 0.6 is 0 Å². The number of carbonyl (C=O) groups is 1. The van der Waals surface area contributed by atoms with Crippen LogP contribution in [0.1, 0.15) is 15.9 Å². The zero-order valence-electron chi connectivity index (χ0n) is 9.58. The first-order chi connectivity index (χ1) is 8.49. The normalized spacial score (nSPS) is 10.4. The number of halogens is 2. The molecule has 18 heavy (non-hydrogen) atoms. The van der Waals surface area contributed by atoms with Crippen molar-refractivity contribution in [1.82, 2.24) is 0 Å². The predicted octanol–water partition coefficient (Wildman–Crippen LogP) is 3.64. The fourth-order valence-electron chi connectivity index (χ4n) is 1.69. The molecule has 0 saturated carbocycles. The van der Waals surface area contributed by atoms with Gasteiger partial charge in [0.2, 0.25) is 0 Å². The van der Waals surface area contributed by atoms with E-state index in [4.69, 9.17) is 5.11 Å². The van der Waals surface area contributed by atoms with Gasteiger partial charge in [0.1, 0.15) is 11.6 Å². The van der Waals surface area contributed by atoms with Crippen LogP contribution in [0.2, 0.25) is 0 Å². The van der Waals surface area contributed by atoms with Gasteiger partial charge < -0.3 is 5.11 Å². The van der Waals surface area contributed by atoms with Crippen molar-refractivity contribution in [2.45, 2.75) is 6.92 Å². The van der Waals surface area contributed by atoms with Crippen molar-refractivity contribution in [2.24, 2.45) is 0 Å². The van der Waals surface area contributed by atoms with Gasteiger partial charge in [-0.1, -0.05) is 29.8 Å². The molecule has 0 fully saturated rings. The van der Waals surface area contributed by atoms with Crippen LogP contribution in [0, 0.1) is 18.6 Å². The van der Waals surface area contributed by atoms with Gasteiger partial charge in [0.05, 0.1) is 11.1 Å². The fraction of sp³-hybridized carbons (Fsp3) is 0.0714. The Bertz CT molecular complexity index is 581. The quantitative estimate of drug-likeness (QED) is 0.880. The highest BCUT2D eigenvalue weighted by Crippen LogP contribution is 2.27. The first-order valence-electron chi connectivity index (χ1n) is 5.28. The molecule has 0 aliphatic rings. The Morgan fingerprint density at radius 3 is 2.00 bits per heavy atom. The van der Waals surface area contributed by atoms with Crippen LogP contribution in [0.3, 0.4) is 0 Å². The third kappa shape index (κ3) is 2.22. The highest BCUT2D eigenvalue weighted by Gasteiger charge is 2.15. The zero-order valence-corrected chi connectivity index (χ0v) is 9.58. The number of aryl methyl sites for hydroxylation is 1. The summed E-state index contributed by atoms with van der Waals surface area (Å²) in [6.07, 6.45) is 0. The minimum Gasteiger partial charge on any atom is -0.478 e. The van der Waals surface area contributed by atoms with Gasteiger partial charge in [-0.15, -0.1) is 0 Å². The SMILES string of the molecule is Cc1ccc(-c2c(F)cc(C(=O)O)cc2F)cc1. The van der Waals surface area contributed by atoms with Crippen molar-refractivity contribution < 1.29 is 18.7 Å². The lowest BCUT2D eigenvalue weighted by molar-refractivity contribution is 0.0696. The van der Waals surface area contributed by atoms with Crippen LogP contribution in [0.5, 0.6) is 0 Å². The van der Waals surface area contributed by atoms with Crippen molar-refractivity contribution in [3.8, 4) is 11.1 Å². The third-order valence-electron chi connectivity index (χ3n) is 2.63. The molecule has 0 aliphatic heterocycles. The summed E-state index contributed by atoms with van der Waals surface area (Å²) in [5.74, 6) is -3.12. The largest absolute Gasteiger partial charge is 0.478 e. The molecule has 2 aromatic carbocycles. The maximum atomic E-state index is 13.8. The van der Waals surface area contributed by atoms with E-state index in [2.05, 4.69) is 0 Å². The summed E-state index contributed by atoms with van der Waals surface area (Å²) in [5, 5.41) is 8.70. The van der Waals surface area contributed by atoms with Gasteiger partial charge in [-0.3, -0.25) is 0 Å². The van der Waals surface area contributed by atoms with Crippen molar-refractivity contribution >= 4 is 5.97 Å². The Labute approximate surface area is 103 Å². The molecule has 0 aliphatic carbocycles. The van der Waals surface area contributed by atoms with E-state index in [1.54, 1.807) is 24.3 Å². The van der Waals surface area contributed by atoms with E-state index in [0.717, 1.165) is 17.7 Å². The van der Waals surface area contributed by atoms with Crippen LogP contribution in [0.25, 0.3) is 11.1 Å². The summed E-state index contributed by atoms with van der Waals surface area (Å²) in [7, 11) is 0. The Morgan fingerprint density at radius 1 is 1.06 bits per heavy atom. The van der Waals surface area contributed by atoms with Gasteiger partial charge in [0, 0.05) is 0 Å². The summed E-state index contributed by atoms with van der Waals surface area (Å²) in [6.45, 7) is 1.87. The molecule has 2 nitrogen and oxygen atoms in total. The van der Waals surface area contributed by atoms with Crippen LogP contribution in [0.4, 0.5) is 8.78 Å². The Hall–Kier alpha value is -2.23. The Kier molecular flexibility index (Phi) is 3.10. The van der Waals surface area contributed by atoms with E-state index in [1.807, 2.05) is 6.92 Å². The second kappa shape index (κ2) is 4.56. The molecule has 0 amide bonds. The summed E-state index contributed by atoms with van der Waals surface area (Å²) in [4.78, 5) is 10.7. The van der Waals surface area contributed by atoms with Crippen molar-refractivity contribution in [1.29, 1.82) is 0 Å². The second-order valence-electron chi connectivity index (χ2n) is 3.99. The van der Waals surface area contributed by atoms with Crippen LogP contribution < -0.4 is 0 Å². The van der Waals surface area contributed by atoms with Gasteiger partial charge in [-0.05, 0) is 24.6 Å². The van der Waals surface area contributed by atoms with E-state index in [0.29, 0.717) is 5.56 Å². The average Bonchev–Trinajstić information content (AvgIpc) is 2.30. The monoisotopic (exact) mass is 248 g/mol. The van der Waals surface area contributed by atoms with Crippen LogP contribution in [-0.2, 0) is 0 Å². The van der Waals surface area contributed by atoms with E-state index in [9.17, 15) is 13.6 Å². The minimum atomic E-state index is -1.36. The number of benzene rings is 2. The number of aromatic carboxylic acids is 1. The predicted molar refractivity (Wildman–Crippen MR) is 63.5 cm³/mol. The zero-order chi connectivity index (χ0) is 13.3. The van der Waals surface area contributed by atoms with Crippen LogP contribution in [0.15, 0.2) is 36.4 Å². The Balaban J connectivity index is 2.58. The smallest absolute Gasteiger partial charge is 0.335 e. The number of rotatable bonds is 2. The standard InChI is InChI=1S/C14H10F2O2/c1-8-2-4-9(5-3-8)13-11(15)6-10(14(17)18)7-12(13)16/h2-7H,1H3,(H,17,18). The molecule has 0 bridgehead atoms. The van der Waals surface area contributed by atoms with E-state index >= 15 is 0 Å². The van der Waals surface area contributed by atoms with Crippen LogP contribution in [-0.4, -0.2) is 11.1 Å². The molecular weight excluding hydrogens is 238 g/mol.